The average molecular weight is 1460 g/mol. The molecule has 3 N–H and O–H groups in total. The second-order valence-electron chi connectivity index (χ2n) is 23.4. The minimum atomic E-state index is -5.03. The lowest BCUT2D eigenvalue weighted by atomic mass is 10.1. The van der Waals surface area contributed by atoms with Crippen LogP contribution in [0.4, 0.5) is 0 Å². The van der Waals surface area contributed by atoms with Crippen molar-refractivity contribution in [2.45, 2.75) is 239 Å². The molecule has 570 valence electrons. The Bertz CT molecular complexity index is 2800. The SMILES string of the molecule is CC/C=C\C/C=C\C/C=C\C/C=C\C/C=C\CCCC(=O)OCC(COP(=O)(O)OCC(O)COP(=O)(O)OCC(COC(=O)CCCC/C=C\C/C=C\C/C=C\C/C=C\CC)OC(=O)CCCC/C=C\C/C=C\C/C=C\C/C=C\CC)OC(=O)C/C=C\C/C=C\C/C=C\C/C=C\C/C=C\CC. The maximum atomic E-state index is 13.1. The van der Waals surface area contributed by atoms with Crippen LogP contribution in [0.5, 0.6) is 0 Å². The van der Waals surface area contributed by atoms with E-state index in [0.717, 1.165) is 128 Å². The van der Waals surface area contributed by atoms with Crippen molar-refractivity contribution in [3.63, 3.8) is 0 Å². The van der Waals surface area contributed by atoms with Crippen molar-refractivity contribution >= 4 is 39.5 Å². The number of carbonyl (C=O) groups excluding carboxylic acids is 4. The Labute approximate surface area is 613 Å². The maximum Gasteiger partial charge on any atom is 0.472 e. The number of carbonyl (C=O) groups is 4. The van der Waals surface area contributed by atoms with Gasteiger partial charge in [0.15, 0.2) is 12.2 Å². The summed E-state index contributed by atoms with van der Waals surface area (Å²) in [7, 11) is -10.0. The number of allylic oxidation sites excluding steroid dienone is 35. The van der Waals surface area contributed by atoms with Crippen LogP contribution in [-0.2, 0) is 65.4 Å². The first-order chi connectivity index (χ1) is 49.7. The molecule has 0 heterocycles. The Morgan fingerprint density at radius 1 is 0.284 bits per heavy atom. The molecule has 0 saturated heterocycles. The quantitative estimate of drug-likeness (QED) is 0.0169. The van der Waals surface area contributed by atoms with Gasteiger partial charge in [0.2, 0.25) is 0 Å². The third-order valence-corrected chi connectivity index (χ3v) is 15.9. The van der Waals surface area contributed by atoms with Crippen LogP contribution in [-0.4, -0.2) is 96.7 Å². The molecule has 5 atom stereocenters. The van der Waals surface area contributed by atoms with Gasteiger partial charge in [0.1, 0.15) is 19.3 Å². The summed E-state index contributed by atoms with van der Waals surface area (Å²) in [6.45, 7) is 4.06. The van der Waals surface area contributed by atoms with Gasteiger partial charge >= 0.3 is 39.5 Å². The molecule has 0 radical (unpaired) electrons. The van der Waals surface area contributed by atoms with Gasteiger partial charge < -0.3 is 33.8 Å². The molecule has 0 spiro atoms. The summed E-state index contributed by atoms with van der Waals surface area (Å²) in [6.07, 6.45) is 91.3. The topological polar surface area (TPSA) is 237 Å². The van der Waals surface area contributed by atoms with Crippen LogP contribution in [0.2, 0.25) is 0 Å². The molecule has 0 aromatic carbocycles. The number of aliphatic hydroxyl groups excluding tert-OH is 1. The molecule has 102 heavy (non-hydrogen) atoms. The molecule has 0 aromatic heterocycles. The van der Waals surface area contributed by atoms with Gasteiger partial charge in [-0.2, -0.15) is 0 Å². The number of rotatable bonds is 66. The zero-order valence-electron chi connectivity index (χ0n) is 61.9. The first kappa shape index (κ1) is 95.4. The number of aliphatic hydroxyl groups is 1. The van der Waals surface area contributed by atoms with Crippen molar-refractivity contribution in [1.29, 1.82) is 0 Å². The average Bonchev–Trinajstić information content (AvgIpc) is 0.923. The van der Waals surface area contributed by atoms with Crippen LogP contribution >= 0.6 is 15.6 Å². The summed E-state index contributed by atoms with van der Waals surface area (Å²) in [4.78, 5) is 72.7. The van der Waals surface area contributed by atoms with Crippen molar-refractivity contribution in [2.24, 2.45) is 0 Å². The largest absolute Gasteiger partial charge is 0.472 e. The van der Waals surface area contributed by atoms with Gasteiger partial charge in [-0.3, -0.25) is 37.3 Å². The normalized spacial score (nSPS) is 15.2. The van der Waals surface area contributed by atoms with Crippen molar-refractivity contribution in [3.8, 4) is 0 Å². The monoisotopic (exact) mass is 1460 g/mol. The minimum absolute atomic E-state index is 0.0196. The highest BCUT2D eigenvalue weighted by molar-refractivity contribution is 7.47. The fraction of sp³-hybridized carbons (Fsp3) is 0.518. The first-order valence-corrected chi connectivity index (χ1v) is 40.0. The number of esters is 4. The lowest BCUT2D eigenvalue weighted by molar-refractivity contribution is -0.161. The lowest BCUT2D eigenvalue weighted by Crippen LogP contribution is -2.30. The van der Waals surface area contributed by atoms with E-state index in [4.69, 9.17) is 37.0 Å². The van der Waals surface area contributed by atoms with E-state index in [-0.39, 0.29) is 25.7 Å². The predicted molar refractivity (Wildman–Crippen MR) is 417 cm³/mol. The molecular weight excluding hydrogens is 1330 g/mol. The van der Waals surface area contributed by atoms with E-state index in [2.05, 4.69) is 204 Å². The van der Waals surface area contributed by atoms with Crippen molar-refractivity contribution < 1.29 is 80.2 Å². The van der Waals surface area contributed by atoms with Crippen molar-refractivity contribution in [1.82, 2.24) is 0 Å². The van der Waals surface area contributed by atoms with Crippen LogP contribution in [0.15, 0.2) is 219 Å². The second kappa shape index (κ2) is 72.7. The van der Waals surface area contributed by atoms with Gasteiger partial charge in [0.25, 0.3) is 0 Å². The molecule has 0 aliphatic carbocycles. The summed E-state index contributed by atoms with van der Waals surface area (Å²) in [5.74, 6) is -2.53. The summed E-state index contributed by atoms with van der Waals surface area (Å²) < 4.78 is 68.1. The van der Waals surface area contributed by atoms with E-state index in [1.807, 2.05) is 30.4 Å². The van der Waals surface area contributed by atoms with Gasteiger partial charge in [-0.25, -0.2) is 9.13 Å². The highest BCUT2D eigenvalue weighted by Gasteiger charge is 2.30. The molecule has 0 rings (SSSR count). The summed E-state index contributed by atoms with van der Waals surface area (Å²) in [5, 5.41) is 10.6. The molecule has 0 amide bonds. The highest BCUT2D eigenvalue weighted by atomic mass is 31.2. The van der Waals surface area contributed by atoms with Gasteiger partial charge in [0.05, 0.1) is 32.8 Å². The third kappa shape index (κ3) is 71.8. The first-order valence-electron chi connectivity index (χ1n) is 37.0. The fourth-order valence-electron chi connectivity index (χ4n) is 8.49. The van der Waals surface area contributed by atoms with E-state index < -0.39 is 97.5 Å². The maximum absolute atomic E-state index is 13.1. The fourth-order valence-corrected chi connectivity index (χ4v) is 10.1. The number of phosphoric ester groups is 2. The zero-order valence-corrected chi connectivity index (χ0v) is 63.7. The number of hydrogen-bond acceptors (Lipinski definition) is 15. The van der Waals surface area contributed by atoms with Crippen molar-refractivity contribution in [3.05, 3.63) is 219 Å². The van der Waals surface area contributed by atoms with Crippen molar-refractivity contribution in [2.75, 3.05) is 39.6 Å². The van der Waals surface area contributed by atoms with E-state index in [9.17, 15) is 43.2 Å². The zero-order chi connectivity index (χ0) is 74.6. The van der Waals surface area contributed by atoms with E-state index in [1.165, 1.54) is 0 Å². The van der Waals surface area contributed by atoms with Crippen LogP contribution in [0.1, 0.15) is 220 Å². The minimum Gasteiger partial charge on any atom is -0.462 e. The number of hydrogen-bond donors (Lipinski definition) is 3. The molecular formula is C83H126O17P2. The molecule has 0 bridgehead atoms. The molecule has 0 aliphatic heterocycles. The molecule has 0 saturated carbocycles. The summed E-state index contributed by atoms with van der Waals surface area (Å²) in [5.41, 5.74) is 0. The molecule has 0 aliphatic rings. The Hall–Kier alpha value is -6.62. The van der Waals surface area contributed by atoms with Crippen LogP contribution in [0.3, 0.4) is 0 Å². The summed E-state index contributed by atoms with van der Waals surface area (Å²) in [6, 6.07) is 0. The molecule has 0 fully saturated rings. The number of ether oxygens (including phenoxy) is 4. The molecule has 17 nitrogen and oxygen atoms in total. The van der Waals surface area contributed by atoms with Gasteiger partial charge in [-0.05, 0) is 167 Å². The Balaban J connectivity index is 5.59. The van der Waals surface area contributed by atoms with Gasteiger partial charge in [-0.15, -0.1) is 0 Å². The van der Waals surface area contributed by atoms with Crippen LogP contribution in [0.25, 0.3) is 0 Å². The van der Waals surface area contributed by atoms with Gasteiger partial charge in [-0.1, -0.05) is 246 Å². The Morgan fingerprint density at radius 3 is 0.824 bits per heavy atom. The highest BCUT2D eigenvalue weighted by Crippen LogP contribution is 2.45. The van der Waals surface area contributed by atoms with E-state index in [1.54, 1.807) is 12.2 Å². The number of unbranched alkanes of at least 4 members (excludes halogenated alkanes) is 5. The second-order valence-corrected chi connectivity index (χ2v) is 26.3. The molecule has 5 unspecified atom stereocenters. The summed E-state index contributed by atoms with van der Waals surface area (Å²) >= 11 is 0. The third-order valence-electron chi connectivity index (χ3n) is 14.0. The lowest BCUT2D eigenvalue weighted by Gasteiger charge is -2.21. The van der Waals surface area contributed by atoms with E-state index in [0.29, 0.717) is 38.5 Å². The van der Waals surface area contributed by atoms with E-state index >= 15 is 0 Å². The van der Waals surface area contributed by atoms with Crippen LogP contribution in [0, 0.1) is 0 Å². The number of phosphoric acid groups is 2. The molecule has 0 aromatic rings. The molecule has 19 heteroatoms. The Morgan fingerprint density at radius 2 is 0.520 bits per heavy atom. The smallest absolute Gasteiger partial charge is 0.462 e. The Kier molecular flexibility index (Phi) is 68.0. The standard InChI is InChI=1S/C83H126O17P2/c1-5-9-13-17-21-25-29-33-37-38-42-44-48-52-56-60-64-68-81(86)94-74-79(100-83(88)70-66-62-58-54-50-46-41-36-32-28-24-20-16-12-8-4)76-98-102(91,92)96-72-77(84)71-95-101(89,90)97-75-78(99-82(87)69-65-61-57-53-49-45-40-35-31-27-23-19-15-11-7-3)73-93-80(85)67-63-59-55-51-47-43-39-34-30-26-22-18-14-10-6-2/h9-16,21-28,33-37,39-42,44,47,49-54,56,62,66,77-79,84H,5-8,17-20,29-32,38,43,45-46,48,55,57-61,63-65,67-76H2,1-4H3,(H,89,90)(H,91,92)/b13-9-,14-10-,15-11-,16-12-,25-21-,26-22-,27-23-,28-24-,37-33-,39-34-,40-35-,41-36-,44-42-,51-47-,53-49-,54-50-,56-52-,66-62-. The predicted octanol–water partition coefficient (Wildman–Crippen LogP) is 21.3. The van der Waals surface area contributed by atoms with Gasteiger partial charge in [0, 0.05) is 19.3 Å². The van der Waals surface area contributed by atoms with Crippen LogP contribution < -0.4 is 0 Å².